The first kappa shape index (κ1) is 21.8. The lowest BCUT2D eigenvalue weighted by atomic mass is 9.78. The molecule has 0 saturated heterocycles. The normalized spacial score (nSPS) is 11.1. The van der Waals surface area contributed by atoms with Crippen molar-refractivity contribution in [2.24, 2.45) is 0 Å². The maximum absolute atomic E-state index is 10.8. The Hall–Kier alpha value is -2.94. The van der Waals surface area contributed by atoms with E-state index in [1.54, 1.807) is 20.3 Å². The molecule has 0 aliphatic heterocycles. The number of methoxy groups -OCH3 is 2. The lowest BCUT2D eigenvalue weighted by molar-refractivity contribution is 0.407. The molecular weight excluding hydrogens is 372 g/mol. The van der Waals surface area contributed by atoms with Gasteiger partial charge in [0.15, 0.2) is 0 Å². The lowest BCUT2D eigenvalue weighted by Gasteiger charge is -2.27. The van der Waals surface area contributed by atoms with Crippen LogP contribution in [-0.2, 0) is 0 Å². The van der Waals surface area contributed by atoms with Crippen LogP contribution in [0.25, 0.3) is 0 Å². The van der Waals surface area contributed by atoms with E-state index in [1.807, 2.05) is 18.2 Å². The zero-order chi connectivity index (χ0) is 22.2. The quantitative estimate of drug-likeness (QED) is 0.497. The van der Waals surface area contributed by atoms with Crippen LogP contribution in [0, 0.1) is 41.5 Å². The van der Waals surface area contributed by atoms with Gasteiger partial charge in [-0.05, 0) is 92.1 Å². The van der Waals surface area contributed by atoms with Gasteiger partial charge in [-0.25, -0.2) is 0 Å². The average molecular weight is 405 g/mol. The van der Waals surface area contributed by atoms with Crippen LogP contribution < -0.4 is 9.47 Å². The van der Waals surface area contributed by atoms with E-state index in [1.165, 1.54) is 22.3 Å². The van der Waals surface area contributed by atoms with Gasteiger partial charge in [-0.1, -0.05) is 30.3 Å². The molecule has 3 heteroatoms. The minimum Gasteiger partial charge on any atom is -0.508 e. The van der Waals surface area contributed by atoms with Crippen LogP contribution in [0.1, 0.15) is 56.0 Å². The van der Waals surface area contributed by atoms with Crippen molar-refractivity contribution in [1.82, 2.24) is 0 Å². The second-order valence-corrected chi connectivity index (χ2v) is 8.12. The van der Waals surface area contributed by atoms with Crippen molar-refractivity contribution in [2.75, 3.05) is 14.2 Å². The summed E-state index contributed by atoms with van der Waals surface area (Å²) in [7, 11) is 3.44. The fraction of sp³-hybridized carbons (Fsp3) is 0.333. The number of hydrogen-bond donors (Lipinski definition) is 1. The first-order valence-electron chi connectivity index (χ1n) is 10.3. The SMILES string of the molecule is COc1c(C)cc(C(c2ccccc2O)c2cc(C)c(OC)c(C)c2C)c(C)c1C. The molecule has 0 bridgehead atoms. The van der Waals surface area contributed by atoms with Crippen molar-refractivity contribution in [2.45, 2.75) is 47.5 Å². The second-order valence-electron chi connectivity index (χ2n) is 8.12. The van der Waals surface area contributed by atoms with Gasteiger partial charge in [0.25, 0.3) is 0 Å². The Morgan fingerprint density at radius 2 is 1.07 bits per heavy atom. The predicted molar refractivity (Wildman–Crippen MR) is 123 cm³/mol. The molecule has 0 aliphatic carbocycles. The lowest BCUT2D eigenvalue weighted by Crippen LogP contribution is -2.11. The van der Waals surface area contributed by atoms with Crippen molar-refractivity contribution in [3.05, 3.63) is 86.5 Å². The highest BCUT2D eigenvalue weighted by Gasteiger charge is 2.27. The van der Waals surface area contributed by atoms with Gasteiger partial charge in [0, 0.05) is 11.5 Å². The van der Waals surface area contributed by atoms with Crippen LogP contribution in [-0.4, -0.2) is 19.3 Å². The highest BCUT2D eigenvalue weighted by atomic mass is 16.5. The molecule has 0 unspecified atom stereocenters. The first-order valence-corrected chi connectivity index (χ1v) is 10.3. The second kappa shape index (κ2) is 8.43. The van der Waals surface area contributed by atoms with E-state index in [0.29, 0.717) is 5.75 Å². The van der Waals surface area contributed by atoms with Crippen LogP contribution in [0.15, 0.2) is 36.4 Å². The number of para-hydroxylation sites is 1. The van der Waals surface area contributed by atoms with Crippen molar-refractivity contribution < 1.29 is 14.6 Å². The molecule has 0 spiro atoms. The molecule has 3 rings (SSSR count). The highest BCUT2D eigenvalue weighted by Crippen LogP contribution is 2.44. The summed E-state index contributed by atoms with van der Waals surface area (Å²) in [6.45, 7) is 12.6. The predicted octanol–water partition coefficient (Wildman–Crippen LogP) is 6.44. The smallest absolute Gasteiger partial charge is 0.124 e. The number of hydrogen-bond acceptors (Lipinski definition) is 3. The number of phenols is 1. The highest BCUT2D eigenvalue weighted by molar-refractivity contribution is 5.60. The van der Waals surface area contributed by atoms with Crippen molar-refractivity contribution in [3.8, 4) is 17.2 Å². The zero-order valence-electron chi connectivity index (χ0n) is 19.3. The van der Waals surface area contributed by atoms with E-state index in [9.17, 15) is 5.11 Å². The Balaban J connectivity index is 2.41. The number of benzene rings is 3. The monoisotopic (exact) mass is 404 g/mol. The Kier molecular flexibility index (Phi) is 6.12. The van der Waals surface area contributed by atoms with Crippen LogP contribution >= 0.6 is 0 Å². The maximum Gasteiger partial charge on any atom is 0.124 e. The van der Waals surface area contributed by atoms with Gasteiger partial charge in [-0.3, -0.25) is 0 Å². The summed E-state index contributed by atoms with van der Waals surface area (Å²) in [5.74, 6) is 2.05. The topological polar surface area (TPSA) is 38.7 Å². The molecule has 30 heavy (non-hydrogen) atoms. The summed E-state index contributed by atoms with van der Waals surface area (Å²) in [6, 6.07) is 12.0. The van der Waals surface area contributed by atoms with Gasteiger partial charge in [-0.15, -0.1) is 0 Å². The minimum absolute atomic E-state index is 0.0992. The van der Waals surface area contributed by atoms with Gasteiger partial charge < -0.3 is 14.6 Å². The van der Waals surface area contributed by atoms with Crippen molar-refractivity contribution in [1.29, 1.82) is 0 Å². The molecule has 0 aliphatic rings. The molecule has 0 fully saturated rings. The Bertz CT molecular complexity index is 1030. The third-order valence-electron chi connectivity index (χ3n) is 6.41. The third-order valence-corrected chi connectivity index (χ3v) is 6.41. The number of rotatable bonds is 5. The molecule has 0 amide bonds. The molecule has 0 atom stereocenters. The molecule has 3 nitrogen and oxygen atoms in total. The summed E-state index contributed by atoms with van der Waals surface area (Å²) in [5.41, 5.74) is 10.1. The molecule has 0 radical (unpaired) electrons. The maximum atomic E-state index is 10.8. The molecule has 3 aromatic rings. The van der Waals surface area contributed by atoms with E-state index in [-0.39, 0.29) is 5.92 Å². The Labute approximate surface area is 180 Å². The molecule has 1 N–H and O–H groups in total. The number of phenolic OH excluding ortho intramolecular Hbond substituents is 1. The summed E-state index contributed by atoms with van der Waals surface area (Å²) in [5, 5.41) is 10.8. The van der Waals surface area contributed by atoms with Crippen LogP contribution in [0.4, 0.5) is 0 Å². The Morgan fingerprint density at radius 3 is 1.47 bits per heavy atom. The summed E-state index contributed by atoms with van der Waals surface area (Å²) in [6.07, 6.45) is 0. The van der Waals surface area contributed by atoms with Crippen LogP contribution in [0.3, 0.4) is 0 Å². The standard InChI is InChI=1S/C27H32O3/c1-15-13-22(17(3)19(5)26(15)29-7)25(21-11-9-10-12-24(21)28)23-14-16(2)27(30-8)20(6)18(23)4/h9-14,25,28H,1-8H3. The van der Waals surface area contributed by atoms with Gasteiger partial charge in [0.1, 0.15) is 17.2 Å². The third kappa shape index (κ3) is 3.54. The van der Waals surface area contributed by atoms with Gasteiger partial charge in [0.2, 0.25) is 0 Å². The number of aromatic hydroxyl groups is 1. The fourth-order valence-electron chi connectivity index (χ4n) is 4.64. The number of aryl methyl sites for hydroxylation is 2. The van der Waals surface area contributed by atoms with Gasteiger partial charge in [-0.2, -0.15) is 0 Å². The van der Waals surface area contributed by atoms with Crippen molar-refractivity contribution in [3.63, 3.8) is 0 Å². The summed E-state index contributed by atoms with van der Waals surface area (Å²) < 4.78 is 11.3. The summed E-state index contributed by atoms with van der Waals surface area (Å²) in [4.78, 5) is 0. The first-order chi connectivity index (χ1) is 14.2. The molecule has 0 saturated carbocycles. The molecular formula is C27H32O3. The largest absolute Gasteiger partial charge is 0.508 e. The van der Waals surface area contributed by atoms with Gasteiger partial charge >= 0.3 is 0 Å². The van der Waals surface area contributed by atoms with Crippen LogP contribution in [0.2, 0.25) is 0 Å². The minimum atomic E-state index is -0.0992. The van der Waals surface area contributed by atoms with Crippen LogP contribution in [0.5, 0.6) is 17.2 Å². The van der Waals surface area contributed by atoms with E-state index in [2.05, 4.69) is 53.7 Å². The number of ether oxygens (including phenoxy) is 2. The fourth-order valence-corrected chi connectivity index (χ4v) is 4.64. The zero-order valence-corrected chi connectivity index (χ0v) is 19.3. The van der Waals surface area contributed by atoms with E-state index in [0.717, 1.165) is 39.3 Å². The van der Waals surface area contributed by atoms with Crippen molar-refractivity contribution >= 4 is 0 Å². The molecule has 3 aromatic carbocycles. The molecule has 0 heterocycles. The van der Waals surface area contributed by atoms with E-state index in [4.69, 9.17) is 9.47 Å². The Morgan fingerprint density at radius 1 is 0.633 bits per heavy atom. The molecule has 0 aromatic heterocycles. The van der Waals surface area contributed by atoms with Gasteiger partial charge in [0.05, 0.1) is 14.2 Å². The molecule has 158 valence electrons. The van der Waals surface area contributed by atoms with E-state index >= 15 is 0 Å². The average Bonchev–Trinajstić information content (AvgIpc) is 2.71. The van der Waals surface area contributed by atoms with E-state index < -0.39 is 0 Å². The summed E-state index contributed by atoms with van der Waals surface area (Å²) >= 11 is 0.